The summed E-state index contributed by atoms with van der Waals surface area (Å²) < 4.78 is 5.43. The Morgan fingerprint density at radius 1 is 1.00 bits per heavy atom. The molecule has 1 aromatic heterocycles. The Morgan fingerprint density at radius 3 is 2.41 bits per heavy atom. The lowest BCUT2D eigenvalue weighted by atomic mass is 9.89. The summed E-state index contributed by atoms with van der Waals surface area (Å²) in [6, 6.07) is 12.2. The fraction of sp³-hybridized carbons (Fsp3) is 0.423. The van der Waals surface area contributed by atoms with Crippen LogP contribution >= 0.6 is 0 Å². The van der Waals surface area contributed by atoms with Crippen LogP contribution in [0.4, 0.5) is 11.6 Å². The van der Waals surface area contributed by atoms with Crippen molar-refractivity contribution in [1.29, 1.82) is 0 Å². The molecule has 0 spiro atoms. The predicted octanol–water partition coefficient (Wildman–Crippen LogP) is 3.53. The van der Waals surface area contributed by atoms with E-state index in [0.717, 1.165) is 72.9 Å². The van der Waals surface area contributed by atoms with Gasteiger partial charge in [-0.1, -0.05) is 18.2 Å². The fourth-order valence-electron chi connectivity index (χ4n) is 4.98. The van der Waals surface area contributed by atoms with Gasteiger partial charge in [-0.15, -0.1) is 10.2 Å². The van der Waals surface area contributed by atoms with E-state index in [0.29, 0.717) is 25.0 Å². The number of hydrogen-bond donors (Lipinski definition) is 2. The van der Waals surface area contributed by atoms with Gasteiger partial charge in [0.2, 0.25) is 5.95 Å². The van der Waals surface area contributed by atoms with Crippen LogP contribution in [0.5, 0.6) is 0 Å². The Labute approximate surface area is 200 Å². The number of hydrogen-bond acceptors (Lipinski definition) is 6. The molecular formula is C26H32N6O2. The van der Waals surface area contributed by atoms with Gasteiger partial charge in [0, 0.05) is 43.0 Å². The number of piperidine rings is 1. The highest BCUT2D eigenvalue weighted by atomic mass is 16.5. The molecule has 3 heterocycles. The number of H-pyrrole nitrogens is 1. The molecule has 3 aromatic rings. The third-order valence-electron chi connectivity index (χ3n) is 7.03. The number of morpholine rings is 1. The molecule has 2 fully saturated rings. The van der Waals surface area contributed by atoms with Crippen molar-refractivity contribution in [2.75, 3.05) is 50.0 Å². The van der Waals surface area contributed by atoms with Crippen LogP contribution in [-0.4, -0.2) is 65.4 Å². The van der Waals surface area contributed by atoms with Crippen LogP contribution in [0.25, 0.3) is 11.4 Å². The van der Waals surface area contributed by atoms with E-state index in [4.69, 9.17) is 10.5 Å². The number of carbonyl (C=O) groups excluding carboxylic acids is 1. The molecule has 8 nitrogen and oxygen atoms in total. The van der Waals surface area contributed by atoms with Gasteiger partial charge in [-0.05, 0) is 67.5 Å². The second-order valence-electron chi connectivity index (χ2n) is 9.31. The van der Waals surface area contributed by atoms with Crippen LogP contribution in [0.1, 0.15) is 45.8 Å². The minimum Gasteiger partial charge on any atom is -0.399 e. The van der Waals surface area contributed by atoms with Crippen LogP contribution in [0.3, 0.4) is 0 Å². The first-order valence-electron chi connectivity index (χ1n) is 12.0. The van der Waals surface area contributed by atoms with Crippen LogP contribution in [-0.2, 0) is 4.74 Å². The normalized spacial score (nSPS) is 17.2. The third kappa shape index (κ3) is 4.50. The summed E-state index contributed by atoms with van der Waals surface area (Å²) in [6.07, 6.45) is 1.91. The fourth-order valence-corrected chi connectivity index (χ4v) is 4.98. The summed E-state index contributed by atoms with van der Waals surface area (Å²) in [4.78, 5) is 21.0. The van der Waals surface area contributed by atoms with Crippen LogP contribution < -0.4 is 10.6 Å². The molecule has 0 atom stereocenters. The van der Waals surface area contributed by atoms with Gasteiger partial charge in [-0.3, -0.25) is 4.79 Å². The van der Waals surface area contributed by atoms with E-state index in [1.807, 2.05) is 36.9 Å². The standard InChI is InChI=1S/C26H32N6O2/c1-17-15-18(2)23(16-22(17)24-28-26(30-29-24)32-11-13-34-14-12-32)25(33)31-9-7-20(8-10-31)19-3-5-21(27)6-4-19/h3-6,15-16,20H,7-14,27H2,1-2H3,(H,28,29,30). The maximum Gasteiger partial charge on any atom is 0.254 e. The number of rotatable bonds is 4. The van der Waals surface area contributed by atoms with Crippen molar-refractivity contribution in [2.45, 2.75) is 32.6 Å². The van der Waals surface area contributed by atoms with Crippen molar-refractivity contribution < 1.29 is 9.53 Å². The van der Waals surface area contributed by atoms with Crippen LogP contribution in [0.15, 0.2) is 36.4 Å². The monoisotopic (exact) mass is 460 g/mol. The maximum absolute atomic E-state index is 13.5. The van der Waals surface area contributed by atoms with Gasteiger partial charge in [0.15, 0.2) is 5.82 Å². The molecular weight excluding hydrogens is 428 g/mol. The Bertz CT molecular complexity index is 1160. The van der Waals surface area contributed by atoms with Gasteiger partial charge >= 0.3 is 0 Å². The Kier molecular flexibility index (Phi) is 6.24. The summed E-state index contributed by atoms with van der Waals surface area (Å²) in [5.74, 6) is 1.99. The van der Waals surface area contributed by atoms with Crippen LogP contribution in [0.2, 0.25) is 0 Å². The second-order valence-corrected chi connectivity index (χ2v) is 9.31. The van der Waals surface area contributed by atoms with E-state index in [1.54, 1.807) is 0 Å². The number of nitrogens with one attached hydrogen (secondary N) is 1. The van der Waals surface area contributed by atoms with E-state index in [1.165, 1.54) is 5.56 Å². The zero-order valence-corrected chi connectivity index (χ0v) is 19.9. The zero-order chi connectivity index (χ0) is 23.7. The summed E-state index contributed by atoms with van der Waals surface area (Å²) in [5, 5.41) is 8.74. The minimum absolute atomic E-state index is 0.0856. The van der Waals surface area contributed by atoms with Gasteiger partial charge in [0.05, 0.1) is 13.2 Å². The molecule has 5 rings (SSSR count). The molecule has 34 heavy (non-hydrogen) atoms. The van der Waals surface area contributed by atoms with Crippen molar-refractivity contribution in [3.63, 3.8) is 0 Å². The van der Waals surface area contributed by atoms with E-state index < -0.39 is 0 Å². The van der Waals surface area contributed by atoms with Crippen molar-refractivity contribution in [3.05, 3.63) is 58.7 Å². The highest BCUT2D eigenvalue weighted by Gasteiger charge is 2.26. The van der Waals surface area contributed by atoms with Gasteiger partial charge in [-0.25, -0.2) is 0 Å². The number of benzene rings is 2. The lowest BCUT2D eigenvalue weighted by Gasteiger charge is -2.33. The number of aromatic amines is 1. The molecule has 2 saturated heterocycles. The molecule has 1 amide bonds. The highest BCUT2D eigenvalue weighted by molar-refractivity contribution is 5.97. The highest BCUT2D eigenvalue weighted by Crippen LogP contribution is 2.31. The number of nitrogens with zero attached hydrogens (tertiary/aromatic N) is 4. The van der Waals surface area contributed by atoms with Crippen molar-refractivity contribution in [3.8, 4) is 11.4 Å². The number of aromatic nitrogens is 3. The second kappa shape index (κ2) is 9.46. The average Bonchev–Trinajstić information content (AvgIpc) is 3.35. The molecule has 0 aliphatic carbocycles. The van der Waals surface area contributed by atoms with Crippen molar-refractivity contribution in [2.24, 2.45) is 0 Å². The number of likely N-dealkylation sites (tertiary alicyclic amines) is 1. The zero-order valence-electron chi connectivity index (χ0n) is 19.9. The average molecular weight is 461 g/mol. The first-order chi connectivity index (χ1) is 16.5. The van der Waals surface area contributed by atoms with E-state index in [9.17, 15) is 4.79 Å². The largest absolute Gasteiger partial charge is 0.399 e. The van der Waals surface area contributed by atoms with Crippen molar-refractivity contribution in [1.82, 2.24) is 20.1 Å². The minimum atomic E-state index is 0.0856. The van der Waals surface area contributed by atoms with E-state index >= 15 is 0 Å². The van der Waals surface area contributed by atoms with Gasteiger partial charge in [0.25, 0.3) is 5.91 Å². The summed E-state index contributed by atoms with van der Waals surface area (Å²) in [7, 11) is 0. The molecule has 0 bridgehead atoms. The maximum atomic E-state index is 13.5. The summed E-state index contributed by atoms with van der Waals surface area (Å²) >= 11 is 0. The smallest absolute Gasteiger partial charge is 0.254 e. The summed E-state index contributed by atoms with van der Waals surface area (Å²) in [6.45, 7) is 8.51. The molecule has 2 aliphatic heterocycles. The van der Waals surface area contributed by atoms with Crippen molar-refractivity contribution >= 4 is 17.5 Å². The Balaban J connectivity index is 1.32. The Morgan fingerprint density at radius 2 is 1.71 bits per heavy atom. The number of nitrogens with two attached hydrogens (primary N) is 1. The molecule has 8 heteroatoms. The van der Waals surface area contributed by atoms with Gasteiger partial charge in [-0.2, -0.15) is 0 Å². The number of nitrogen functional groups attached to an aromatic ring is 1. The number of amides is 1. The molecule has 0 unspecified atom stereocenters. The topological polar surface area (TPSA) is 100 Å². The molecule has 2 aromatic carbocycles. The molecule has 178 valence electrons. The first-order valence-corrected chi connectivity index (χ1v) is 12.0. The quantitative estimate of drug-likeness (QED) is 0.578. The van der Waals surface area contributed by atoms with E-state index in [2.05, 4.69) is 38.3 Å². The van der Waals surface area contributed by atoms with Crippen LogP contribution in [0, 0.1) is 13.8 Å². The number of aryl methyl sites for hydroxylation is 2. The summed E-state index contributed by atoms with van der Waals surface area (Å²) in [5.41, 5.74) is 11.6. The third-order valence-corrected chi connectivity index (χ3v) is 7.03. The number of carbonyl (C=O) groups is 1. The first kappa shape index (κ1) is 22.4. The molecule has 0 radical (unpaired) electrons. The number of anilines is 2. The number of ether oxygens (including phenoxy) is 1. The SMILES string of the molecule is Cc1cc(C)c(-c2nnc(N3CCOCC3)[nH]2)cc1C(=O)N1CCC(c2ccc(N)cc2)CC1. The molecule has 0 saturated carbocycles. The Hall–Kier alpha value is -3.39. The van der Waals surface area contributed by atoms with Gasteiger partial charge in [0.1, 0.15) is 0 Å². The molecule has 3 N–H and O–H groups in total. The van der Waals surface area contributed by atoms with Gasteiger partial charge < -0.3 is 25.3 Å². The lowest BCUT2D eigenvalue weighted by Crippen LogP contribution is -2.38. The van der Waals surface area contributed by atoms with E-state index in [-0.39, 0.29) is 5.91 Å². The predicted molar refractivity (Wildman–Crippen MR) is 133 cm³/mol. The lowest BCUT2D eigenvalue weighted by molar-refractivity contribution is 0.0712. The molecule has 2 aliphatic rings.